The molecule has 0 atom stereocenters. The average molecular weight is 391 g/mol. The number of sulfone groups is 1. The van der Waals surface area contributed by atoms with Crippen LogP contribution >= 0.6 is 0 Å². The SMILES string of the molecule is Cc1ccn(CCC(C)C)c(=O)c1C(=O)Nc1ccc(CS(C)(=O)=O)cc1. The highest BCUT2D eigenvalue weighted by molar-refractivity contribution is 7.89. The van der Waals surface area contributed by atoms with Crippen LogP contribution in [0.4, 0.5) is 5.69 Å². The van der Waals surface area contributed by atoms with E-state index in [1.165, 1.54) is 6.26 Å². The molecule has 2 aromatic rings. The number of nitrogens with zero attached hydrogens (tertiary/aromatic N) is 1. The first kappa shape index (κ1) is 20.9. The summed E-state index contributed by atoms with van der Waals surface area (Å²) in [5.74, 6) is -0.0623. The number of amides is 1. The van der Waals surface area contributed by atoms with Gasteiger partial charge in [0, 0.05) is 24.7 Å². The summed E-state index contributed by atoms with van der Waals surface area (Å²) in [6.45, 7) is 6.47. The monoisotopic (exact) mass is 390 g/mol. The molecule has 0 saturated heterocycles. The molecule has 0 aliphatic heterocycles. The van der Waals surface area contributed by atoms with Crippen LogP contribution in [0.15, 0.2) is 41.3 Å². The average Bonchev–Trinajstić information content (AvgIpc) is 2.54. The molecule has 0 fully saturated rings. The van der Waals surface area contributed by atoms with E-state index in [-0.39, 0.29) is 16.9 Å². The number of pyridine rings is 1. The molecule has 27 heavy (non-hydrogen) atoms. The first-order chi connectivity index (χ1) is 12.6. The van der Waals surface area contributed by atoms with Gasteiger partial charge in [-0.15, -0.1) is 0 Å². The van der Waals surface area contributed by atoms with Crippen molar-refractivity contribution in [2.24, 2.45) is 5.92 Å². The highest BCUT2D eigenvalue weighted by atomic mass is 32.2. The van der Waals surface area contributed by atoms with Gasteiger partial charge >= 0.3 is 0 Å². The van der Waals surface area contributed by atoms with Crippen molar-refractivity contribution in [3.63, 3.8) is 0 Å². The highest BCUT2D eigenvalue weighted by Crippen LogP contribution is 2.14. The number of benzene rings is 1. The van der Waals surface area contributed by atoms with Gasteiger partial charge in [-0.25, -0.2) is 8.42 Å². The minimum Gasteiger partial charge on any atom is -0.322 e. The first-order valence-electron chi connectivity index (χ1n) is 8.85. The van der Waals surface area contributed by atoms with Gasteiger partial charge in [-0.1, -0.05) is 26.0 Å². The normalized spacial score (nSPS) is 11.6. The number of aryl methyl sites for hydroxylation is 2. The van der Waals surface area contributed by atoms with Crippen LogP contribution in [-0.2, 0) is 22.1 Å². The number of hydrogen-bond acceptors (Lipinski definition) is 4. The van der Waals surface area contributed by atoms with Gasteiger partial charge in [-0.2, -0.15) is 0 Å². The molecular formula is C20H26N2O4S. The van der Waals surface area contributed by atoms with Gasteiger partial charge in [0.15, 0.2) is 9.84 Å². The Hall–Kier alpha value is -2.41. The van der Waals surface area contributed by atoms with Gasteiger partial charge in [-0.05, 0) is 48.6 Å². The van der Waals surface area contributed by atoms with E-state index < -0.39 is 15.7 Å². The molecule has 1 amide bonds. The predicted octanol–water partition coefficient (Wildman–Crippen LogP) is 3.00. The van der Waals surface area contributed by atoms with Crippen molar-refractivity contribution >= 4 is 21.4 Å². The van der Waals surface area contributed by atoms with Crippen molar-refractivity contribution in [2.45, 2.75) is 39.5 Å². The zero-order valence-electron chi connectivity index (χ0n) is 16.2. The summed E-state index contributed by atoms with van der Waals surface area (Å²) in [6.07, 6.45) is 3.74. The summed E-state index contributed by atoms with van der Waals surface area (Å²) in [5.41, 5.74) is 1.59. The summed E-state index contributed by atoms with van der Waals surface area (Å²) in [4.78, 5) is 25.3. The molecule has 0 aliphatic carbocycles. The third kappa shape index (κ3) is 6.06. The van der Waals surface area contributed by atoms with E-state index in [0.717, 1.165) is 6.42 Å². The number of carbonyl (C=O) groups excluding carboxylic acids is 1. The van der Waals surface area contributed by atoms with E-state index in [1.807, 2.05) is 0 Å². The minimum atomic E-state index is -3.12. The Bertz CT molecular complexity index is 974. The fourth-order valence-corrected chi connectivity index (χ4v) is 3.49. The Morgan fingerprint density at radius 2 is 1.78 bits per heavy atom. The van der Waals surface area contributed by atoms with E-state index in [0.29, 0.717) is 29.3 Å². The Labute approximate surface area is 160 Å². The Balaban J connectivity index is 2.20. The van der Waals surface area contributed by atoms with Crippen LogP contribution < -0.4 is 10.9 Å². The van der Waals surface area contributed by atoms with Crippen molar-refractivity contribution in [2.75, 3.05) is 11.6 Å². The lowest BCUT2D eigenvalue weighted by Crippen LogP contribution is -2.30. The number of nitrogens with one attached hydrogen (secondary N) is 1. The van der Waals surface area contributed by atoms with Gasteiger partial charge in [0.25, 0.3) is 11.5 Å². The molecule has 0 bridgehead atoms. The van der Waals surface area contributed by atoms with E-state index >= 15 is 0 Å². The molecule has 1 heterocycles. The third-order valence-electron chi connectivity index (χ3n) is 4.19. The summed E-state index contributed by atoms with van der Waals surface area (Å²) in [5, 5.41) is 2.72. The van der Waals surface area contributed by atoms with Gasteiger partial charge in [0.05, 0.1) is 5.75 Å². The standard InChI is InChI=1S/C20H26N2O4S/c1-14(2)9-11-22-12-10-15(3)18(20(22)24)19(23)21-17-7-5-16(6-8-17)13-27(4,25)26/h5-8,10,12,14H,9,11,13H2,1-4H3,(H,21,23). The minimum absolute atomic E-state index is 0.0560. The molecule has 0 radical (unpaired) electrons. The number of aromatic nitrogens is 1. The lowest BCUT2D eigenvalue weighted by Gasteiger charge is -2.12. The summed E-state index contributed by atoms with van der Waals surface area (Å²) >= 11 is 0. The Morgan fingerprint density at radius 1 is 1.15 bits per heavy atom. The van der Waals surface area contributed by atoms with Gasteiger partial charge in [-0.3, -0.25) is 9.59 Å². The van der Waals surface area contributed by atoms with Crippen molar-refractivity contribution in [1.29, 1.82) is 0 Å². The molecular weight excluding hydrogens is 364 g/mol. The fraction of sp³-hybridized carbons (Fsp3) is 0.400. The second-order valence-electron chi connectivity index (χ2n) is 7.28. The van der Waals surface area contributed by atoms with Gasteiger partial charge in [0.2, 0.25) is 0 Å². The maximum Gasteiger partial charge on any atom is 0.263 e. The second-order valence-corrected chi connectivity index (χ2v) is 9.42. The second kappa shape index (κ2) is 8.52. The summed E-state index contributed by atoms with van der Waals surface area (Å²) < 4.78 is 24.3. The van der Waals surface area contributed by atoms with Crippen LogP contribution in [0.25, 0.3) is 0 Å². The molecule has 1 N–H and O–H groups in total. The molecule has 7 heteroatoms. The molecule has 0 aliphatic rings. The Morgan fingerprint density at radius 3 is 2.33 bits per heavy atom. The van der Waals surface area contributed by atoms with Gasteiger partial charge in [0.1, 0.15) is 5.56 Å². The highest BCUT2D eigenvalue weighted by Gasteiger charge is 2.16. The van der Waals surface area contributed by atoms with Crippen molar-refractivity contribution in [1.82, 2.24) is 4.57 Å². The van der Waals surface area contributed by atoms with E-state index in [1.54, 1.807) is 48.0 Å². The maximum atomic E-state index is 12.7. The summed E-state index contributed by atoms with van der Waals surface area (Å²) in [7, 11) is -3.12. The van der Waals surface area contributed by atoms with Crippen molar-refractivity contribution in [3.8, 4) is 0 Å². The predicted molar refractivity (Wildman–Crippen MR) is 108 cm³/mol. The quantitative estimate of drug-likeness (QED) is 0.787. The Kier molecular flexibility index (Phi) is 6.59. The van der Waals surface area contributed by atoms with Crippen LogP contribution in [0.2, 0.25) is 0 Å². The van der Waals surface area contributed by atoms with Crippen LogP contribution in [0.5, 0.6) is 0 Å². The van der Waals surface area contributed by atoms with Crippen LogP contribution in [0.1, 0.15) is 41.8 Å². The molecule has 1 aromatic carbocycles. The molecule has 6 nitrogen and oxygen atoms in total. The molecule has 0 saturated carbocycles. The molecule has 0 spiro atoms. The molecule has 146 valence electrons. The zero-order valence-corrected chi connectivity index (χ0v) is 17.0. The summed E-state index contributed by atoms with van der Waals surface area (Å²) in [6, 6.07) is 8.33. The lowest BCUT2D eigenvalue weighted by atomic mass is 10.1. The third-order valence-corrected chi connectivity index (χ3v) is 5.05. The van der Waals surface area contributed by atoms with E-state index in [2.05, 4.69) is 19.2 Å². The molecule has 1 aromatic heterocycles. The maximum absolute atomic E-state index is 12.7. The smallest absolute Gasteiger partial charge is 0.263 e. The van der Waals surface area contributed by atoms with E-state index in [4.69, 9.17) is 0 Å². The lowest BCUT2D eigenvalue weighted by molar-refractivity contribution is 0.102. The number of anilines is 1. The van der Waals surface area contributed by atoms with Crippen molar-refractivity contribution in [3.05, 3.63) is 63.6 Å². The van der Waals surface area contributed by atoms with Crippen LogP contribution in [0, 0.1) is 12.8 Å². The van der Waals surface area contributed by atoms with Crippen LogP contribution in [-0.4, -0.2) is 25.1 Å². The largest absolute Gasteiger partial charge is 0.322 e. The molecule has 2 rings (SSSR count). The molecule has 0 unspecified atom stereocenters. The van der Waals surface area contributed by atoms with Crippen LogP contribution in [0.3, 0.4) is 0 Å². The zero-order chi connectivity index (χ0) is 20.2. The number of carbonyl (C=O) groups is 1. The fourth-order valence-electron chi connectivity index (χ4n) is 2.70. The first-order valence-corrected chi connectivity index (χ1v) is 10.9. The van der Waals surface area contributed by atoms with E-state index in [9.17, 15) is 18.0 Å². The van der Waals surface area contributed by atoms with Gasteiger partial charge < -0.3 is 9.88 Å². The number of hydrogen-bond donors (Lipinski definition) is 1. The topological polar surface area (TPSA) is 85.2 Å². The van der Waals surface area contributed by atoms with Crippen molar-refractivity contribution < 1.29 is 13.2 Å². The number of rotatable bonds is 7.